The Morgan fingerprint density at radius 3 is 2.67 bits per heavy atom. The molecule has 0 bridgehead atoms. The van der Waals surface area contributed by atoms with Crippen LogP contribution in [0.15, 0.2) is 69.8 Å². The quantitative estimate of drug-likeness (QED) is 0.563. The standard InChI is InChI=1S/C21H20BrNO4/c1-25-20-8-7-17(11-19(20)22)21(24)23-12-15-4-2-5-16(10-15)13-26-14-18-6-3-9-27-18/h2-11H,12-14H2,1H3,(H,23,24). The van der Waals surface area contributed by atoms with E-state index >= 15 is 0 Å². The molecule has 0 saturated heterocycles. The van der Waals surface area contributed by atoms with Gasteiger partial charge in [0.25, 0.3) is 5.91 Å². The Hall–Kier alpha value is -2.57. The number of carbonyl (C=O) groups is 1. The summed E-state index contributed by atoms with van der Waals surface area (Å²) < 4.78 is 16.8. The molecule has 0 aliphatic carbocycles. The molecule has 2 aromatic carbocycles. The maximum absolute atomic E-state index is 12.4. The highest BCUT2D eigenvalue weighted by Gasteiger charge is 2.09. The zero-order valence-corrected chi connectivity index (χ0v) is 16.5. The van der Waals surface area contributed by atoms with Gasteiger partial charge in [-0.05, 0) is 57.4 Å². The number of amides is 1. The number of benzene rings is 2. The van der Waals surface area contributed by atoms with Crippen molar-refractivity contribution in [3.8, 4) is 5.75 Å². The molecule has 0 unspecified atom stereocenters. The lowest BCUT2D eigenvalue weighted by Crippen LogP contribution is -2.22. The van der Waals surface area contributed by atoms with Gasteiger partial charge in [0.1, 0.15) is 18.1 Å². The first-order valence-corrected chi connectivity index (χ1v) is 9.24. The minimum Gasteiger partial charge on any atom is -0.496 e. The summed E-state index contributed by atoms with van der Waals surface area (Å²) in [7, 11) is 1.59. The van der Waals surface area contributed by atoms with Gasteiger partial charge in [-0.15, -0.1) is 0 Å². The maximum Gasteiger partial charge on any atom is 0.251 e. The van der Waals surface area contributed by atoms with Crippen LogP contribution in [0.3, 0.4) is 0 Å². The average Bonchev–Trinajstić information content (AvgIpc) is 3.20. The van der Waals surface area contributed by atoms with Crippen molar-refractivity contribution in [2.24, 2.45) is 0 Å². The van der Waals surface area contributed by atoms with E-state index in [2.05, 4.69) is 21.2 Å². The Morgan fingerprint density at radius 1 is 1.07 bits per heavy atom. The summed E-state index contributed by atoms with van der Waals surface area (Å²) in [5, 5.41) is 2.93. The Kier molecular flexibility index (Phi) is 6.68. The summed E-state index contributed by atoms with van der Waals surface area (Å²) in [6, 6.07) is 16.9. The van der Waals surface area contributed by atoms with E-state index < -0.39 is 0 Å². The molecule has 0 spiro atoms. The molecule has 0 saturated carbocycles. The van der Waals surface area contributed by atoms with E-state index in [1.807, 2.05) is 36.4 Å². The molecule has 1 aromatic heterocycles. The lowest BCUT2D eigenvalue weighted by atomic mass is 10.1. The fraction of sp³-hybridized carbons (Fsp3) is 0.190. The Bertz CT molecular complexity index is 893. The van der Waals surface area contributed by atoms with Crippen molar-refractivity contribution in [3.05, 3.63) is 87.8 Å². The predicted octanol–water partition coefficient (Wildman–Crippen LogP) is 4.70. The van der Waals surface area contributed by atoms with Crippen LogP contribution in [0.2, 0.25) is 0 Å². The molecule has 27 heavy (non-hydrogen) atoms. The van der Waals surface area contributed by atoms with Crippen LogP contribution in [0.5, 0.6) is 5.75 Å². The number of ether oxygens (including phenoxy) is 2. The smallest absolute Gasteiger partial charge is 0.251 e. The van der Waals surface area contributed by atoms with E-state index in [1.54, 1.807) is 31.6 Å². The van der Waals surface area contributed by atoms with Crippen molar-refractivity contribution < 1.29 is 18.7 Å². The summed E-state index contributed by atoms with van der Waals surface area (Å²) in [5.74, 6) is 1.34. The molecule has 5 nitrogen and oxygen atoms in total. The lowest BCUT2D eigenvalue weighted by molar-refractivity contribution is 0.0928. The second-order valence-electron chi connectivity index (χ2n) is 5.92. The van der Waals surface area contributed by atoms with Crippen LogP contribution in [-0.4, -0.2) is 13.0 Å². The van der Waals surface area contributed by atoms with Crippen molar-refractivity contribution in [2.45, 2.75) is 19.8 Å². The van der Waals surface area contributed by atoms with Crippen LogP contribution in [-0.2, 0) is 24.5 Å². The number of furan rings is 1. The van der Waals surface area contributed by atoms with E-state index in [1.165, 1.54) is 0 Å². The molecule has 1 amide bonds. The van der Waals surface area contributed by atoms with Gasteiger partial charge in [-0.25, -0.2) is 0 Å². The third-order valence-electron chi connectivity index (χ3n) is 3.95. The molecule has 6 heteroatoms. The molecule has 3 aromatic rings. The summed E-state index contributed by atoms with van der Waals surface area (Å²) in [4.78, 5) is 12.4. The number of hydrogen-bond acceptors (Lipinski definition) is 4. The molecule has 1 N–H and O–H groups in total. The lowest BCUT2D eigenvalue weighted by Gasteiger charge is -2.09. The number of carbonyl (C=O) groups excluding carboxylic acids is 1. The van der Waals surface area contributed by atoms with E-state index in [4.69, 9.17) is 13.9 Å². The van der Waals surface area contributed by atoms with Crippen LogP contribution < -0.4 is 10.1 Å². The molecule has 0 radical (unpaired) electrons. The number of rotatable bonds is 8. The van der Waals surface area contributed by atoms with E-state index in [0.29, 0.717) is 31.1 Å². The molecule has 1 heterocycles. The molecule has 0 atom stereocenters. The number of hydrogen-bond donors (Lipinski definition) is 1. The van der Waals surface area contributed by atoms with Crippen LogP contribution in [0.4, 0.5) is 0 Å². The average molecular weight is 430 g/mol. The van der Waals surface area contributed by atoms with Gasteiger partial charge in [0.2, 0.25) is 0 Å². The topological polar surface area (TPSA) is 60.7 Å². The molecule has 140 valence electrons. The minimum absolute atomic E-state index is 0.141. The molecule has 0 aliphatic heterocycles. The molecule has 3 rings (SSSR count). The second kappa shape index (κ2) is 9.39. The second-order valence-corrected chi connectivity index (χ2v) is 6.78. The van der Waals surface area contributed by atoms with Gasteiger partial charge in [-0.3, -0.25) is 4.79 Å². The third-order valence-corrected chi connectivity index (χ3v) is 4.57. The number of methoxy groups -OCH3 is 1. The van der Waals surface area contributed by atoms with Gasteiger partial charge < -0.3 is 19.2 Å². The molecule has 0 aliphatic rings. The highest BCUT2D eigenvalue weighted by Crippen LogP contribution is 2.25. The van der Waals surface area contributed by atoms with Crippen LogP contribution in [0.25, 0.3) is 0 Å². The molecule has 0 fully saturated rings. The monoisotopic (exact) mass is 429 g/mol. The fourth-order valence-corrected chi connectivity index (χ4v) is 3.13. The first-order valence-electron chi connectivity index (χ1n) is 8.45. The normalized spacial score (nSPS) is 10.6. The highest BCUT2D eigenvalue weighted by atomic mass is 79.9. The summed E-state index contributed by atoms with van der Waals surface area (Å²) in [6.07, 6.45) is 1.63. The first-order chi connectivity index (χ1) is 13.2. The van der Waals surface area contributed by atoms with E-state index in [9.17, 15) is 4.79 Å². The van der Waals surface area contributed by atoms with Crippen molar-refractivity contribution >= 4 is 21.8 Å². The molecular formula is C21H20BrNO4. The van der Waals surface area contributed by atoms with Crippen molar-refractivity contribution in [3.63, 3.8) is 0 Å². The van der Waals surface area contributed by atoms with Gasteiger partial charge in [0.15, 0.2) is 0 Å². The van der Waals surface area contributed by atoms with Gasteiger partial charge in [0.05, 0.1) is 24.5 Å². The fourth-order valence-electron chi connectivity index (χ4n) is 2.59. The zero-order valence-electron chi connectivity index (χ0n) is 14.9. The van der Waals surface area contributed by atoms with Crippen molar-refractivity contribution in [2.75, 3.05) is 7.11 Å². The predicted molar refractivity (Wildman–Crippen MR) is 106 cm³/mol. The summed E-state index contributed by atoms with van der Waals surface area (Å²) in [6.45, 7) is 1.35. The summed E-state index contributed by atoms with van der Waals surface area (Å²) >= 11 is 3.39. The van der Waals surface area contributed by atoms with E-state index in [-0.39, 0.29) is 5.91 Å². The minimum atomic E-state index is -0.141. The van der Waals surface area contributed by atoms with Crippen LogP contribution in [0, 0.1) is 0 Å². The third kappa shape index (κ3) is 5.45. The van der Waals surface area contributed by atoms with E-state index in [0.717, 1.165) is 21.4 Å². The maximum atomic E-state index is 12.4. The SMILES string of the molecule is COc1ccc(C(=O)NCc2cccc(COCc3ccco3)c2)cc1Br. The Balaban J connectivity index is 1.53. The zero-order chi connectivity index (χ0) is 19.1. The van der Waals surface area contributed by atoms with Crippen molar-refractivity contribution in [1.82, 2.24) is 5.32 Å². The van der Waals surface area contributed by atoms with Crippen LogP contribution in [0.1, 0.15) is 27.2 Å². The largest absolute Gasteiger partial charge is 0.496 e. The Morgan fingerprint density at radius 2 is 1.93 bits per heavy atom. The van der Waals surface area contributed by atoms with Gasteiger partial charge in [0, 0.05) is 12.1 Å². The first kappa shape index (κ1) is 19.2. The van der Waals surface area contributed by atoms with Crippen molar-refractivity contribution in [1.29, 1.82) is 0 Å². The van der Waals surface area contributed by atoms with Gasteiger partial charge in [-0.2, -0.15) is 0 Å². The number of halogens is 1. The van der Waals surface area contributed by atoms with Gasteiger partial charge in [-0.1, -0.05) is 24.3 Å². The van der Waals surface area contributed by atoms with Crippen LogP contribution >= 0.6 is 15.9 Å². The summed E-state index contributed by atoms with van der Waals surface area (Å²) in [5.41, 5.74) is 2.62. The Labute approximate surface area is 166 Å². The molecular weight excluding hydrogens is 410 g/mol. The van der Waals surface area contributed by atoms with Gasteiger partial charge >= 0.3 is 0 Å². The highest BCUT2D eigenvalue weighted by molar-refractivity contribution is 9.10. The number of nitrogens with one attached hydrogen (secondary N) is 1.